The average Bonchev–Trinajstić information content (AvgIpc) is 3.18. The van der Waals surface area contributed by atoms with Gasteiger partial charge in [-0.3, -0.25) is 14.9 Å². The number of aromatic nitrogens is 3. The largest absolute Gasteiger partial charge is 0.338 e. The van der Waals surface area contributed by atoms with Crippen molar-refractivity contribution >= 4 is 5.91 Å². The Morgan fingerprint density at radius 3 is 2.67 bits per heavy atom. The molecule has 3 aromatic rings. The average molecular weight is 360 g/mol. The van der Waals surface area contributed by atoms with E-state index in [1.54, 1.807) is 6.20 Å². The number of nitrogens with one attached hydrogen (secondary N) is 1. The molecule has 1 aliphatic heterocycles. The molecule has 0 unspecified atom stereocenters. The zero-order chi connectivity index (χ0) is 18.8. The molecule has 1 N–H and O–H groups in total. The summed E-state index contributed by atoms with van der Waals surface area (Å²) in [7, 11) is 0. The van der Waals surface area contributed by atoms with E-state index in [0.29, 0.717) is 12.1 Å². The van der Waals surface area contributed by atoms with E-state index in [-0.39, 0.29) is 11.8 Å². The molecule has 138 valence electrons. The highest BCUT2D eigenvalue weighted by molar-refractivity contribution is 5.94. The number of carbonyl (C=O) groups excluding carboxylic acids is 1. The third-order valence-electron chi connectivity index (χ3n) is 5.31. The number of piperidine rings is 1. The second kappa shape index (κ2) is 7.35. The predicted molar refractivity (Wildman–Crippen MR) is 106 cm³/mol. The van der Waals surface area contributed by atoms with Gasteiger partial charge in [0.2, 0.25) is 0 Å². The number of aromatic amines is 1. The number of likely N-dealkylation sites (tertiary alicyclic amines) is 1. The summed E-state index contributed by atoms with van der Waals surface area (Å²) < 4.78 is 0. The summed E-state index contributed by atoms with van der Waals surface area (Å²) in [6, 6.07) is 12.3. The van der Waals surface area contributed by atoms with Crippen LogP contribution in [0.4, 0.5) is 0 Å². The standard InChI is InChI=1S/C22H24N4O/c1-15-5-8-17(9-6-15)20-13-24-25-21(20)19-4-3-11-26(14-19)22(27)18-10-7-16(2)23-12-18/h5-10,12-13,19H,3-4,11,14H2,1-2H3,(H,24,25)/t19-/m1/s1. The maximum Gasteiger partial charge on any atom is 0.255 e. The van der Waals surface area contributed by atoms with Crippen molar-refractivity contribution in [2.45, 2.75) is 32.6 Å². The second-order valence-electron chi connectivity index (χ2n) is 7.34. The number of rotatable bonds is 3. The molecule has 3 heterocycles. The van der Waals surface area contributed by atoms with Gasteiger partial charge in [0.05, 0.1) is 11.8 Å². The minimum Gasteiger partial charge on any atom is -0.338 e. The van der Waals surface area contributed by atoms with Crippen LogP contribution in [0.2, 0.25) is 0 Å². The Balaban J connectivity index is 1.55. The van der Waals surface area contributed by atoms with Gasteiger partial charge < -0.3 is 4.90 Å². The van der Waals surface area contributed by atoms with Crippen LogP contribution in [0, 0.1) is 13.8 Å². The molecule has 1 amide bonds. The fourth-order valence-electron chi connectivity index (χ4n) is 3.74. The summed E-state index contributed by atoms with van der Waals surface area (Å²) >= 11 is 0. The highest BCUT2D eigenvalue weighted by Gasteiger charge is 2.28. The van der Waals surface area contributed by atoms with E-state index in [1.165, 1.54) is 5.56 Å². The quantitative estimate of drug-likeness (QED) is 0.765. The summed E-state index contributed by atoms with van der Waals surface area (Å²) in [5.74, 6) is 0.323. The lowest BCUT2D eigenvalue weighted by Crippen LogP contribution is -2.39. The van der Waals surface area contributed by atoms with Gasteiger partial charge in [0.15, 0.2) is 0 Å². The highest BCUT2D eigenvalue weighted by atomic mass is 16.2. The van der Waals surface area contributed by atoms with Gasteiger partial charge in [0.1, 0.15) is 0 Å². The Hall–Kier alpha value is -2.95. The molecular weight excluding hydrogens is 336 g/mol. The molecule has 27 heavy (non-hydrogen) atoms. The fourth-order valence-corrected chi connectivity index (χ4v) is 3.74. The Labute approximate surface area is 159 Å². The van der Waals surface area contributed by atoms with E-state index >= 15 is 0 Å². The van der Waals surface area contributed by atoms with Crippen LogP contribution in [-0.2, 0) is 0 Å². The summed E-state index contributed by atoms with van der Waals surface area (Å²) in [4.78, 5) is 19.1. The third-order valence-corrected chi connectivity index (χ3v) is 5.31. The van der Waals surface area contributed by atoms with Crippen molar-refractivity contribution in [3.05, 3.63) is 71.3 Å². The summed E-state index contributed by atoms with van der Waals surface area (Å²) in [5.41, 5.74) is 6.23. The fraction of sp³-hybridized carbons (Fsp3) is 0.318. The van der Waals surface area contributed by atoms with E-state index in [9.17, 15) is 4.79 Å². The van der Waals surface area contributed by atoms with Crippen LogP contribution >= 0.6 is 0 Å². The third kappa shape index (κ3) is 3.63. The van der Waals surface area contributed by atoms with E-state index in [1.807, 2.05) is 30.2 Å². The first kappa shape index (κ1) is 17.5. The molecule has 1 fully saturated rings. The lowest BCUT2D eigenvalue weighted by Gasteiger charge is -2.32. The maximum atomic E-state index is 12.9. The number of amides is 1. The van der Waals surface area contributed by atoms with E-state index in [2.05, 4.69) is 46.4 Å². The van der Waals surface area contributed by atoms with Crippen LogP contribution in [0.25, 0.3) is 11.1 Å². The number of aryl methyl sites for hydroxylation is 2. The minimum atomic E-state index is 0.0589. The number of carbonyl (C=O) groups is 1. The van der Waals surface area contributed by atoms with Crippen LogP contribution in [-0.4, -0.2) is 39.1 Å². The van der Waals surface area contributed by atoms with Crippen molar-refractivity contribution in [3.63, 3.8) is 0 Å². The smallest absolute Gasteiger partial charge is 0.255 e. The summed E-state index contributed by atoms with van der Waals surface area (Å²) in [6.07, 6.45) is 5.61. The monoisotopic (exact) mass is 360 g/mol. The Bertz CT molecular complexity index is 928. The zero-order valence-corrected chi connectivity index (χ0v) is 15.8. The molecule has 0 radical (unpaired) electrons. The molecule has 1 aromatic carbocycles. The lowest BCUT2D eigenvalue weighted by molar-refractivity contribution is 0.0705. The first-order valence-electron chi connectivity index (χ1n) is 9.44. The van der Waals surface area contributed by atoms with Crippen LogP contribution in [0.15, 0.2) is 48.8 Å². The highest BCUT2D eigenvalue weighted by Crippen LogP contribution is 2.33. The number of pyridine rings is 1. The number of benzene rings is 1. The molecule has 0 bridgehead atoms. The van der Waals surface area contributed by atoms with Crippen LogP contribution < -0.4 is 0 Å². The maximum absolute atomic E-state index is 12.9. The first-order chi connectivity index (χ1) is 13.1. The van der Waals surface area contributed by atoms with Crippen LogP contribution in [0.1, 0.15) is 46.1 Å². The molecule has 2 aromatic heterocycles. The topological polar surface area (TPSA) is 61.9 Å². The van der Waals surface area contributed by atoms with Gasteiger partial charge in [-0.25, -0.2) is 0 Å². The second-order valence-corrected chi connectivity index (χ2v) is 7.34. The van der Waals surface area contributed by atoms with Gasteiger partial charge in [0, 0.05) is 42.2 Å². The summed E-state index contributed by atoms with van der Waals surface area (Å²) in [5, 5.41) is 7.49. The molecule has 0 spiro atoms. The summed E-state index contributed by atoms with van der Waals surface area (Å²) in [6.45, 7) is 5.51. The molecule has 5 nitrogen and oxygen atoms in total. The van der Waals surface area contributed by atoms with E-state index < -0.39 is 0 Å². The SMILES string of the molecule is Cc1ccc(-c2cn[nH]c2[C@@H]2CCCN(C(=O)c3ccc(C)nc3)C2)cc1. The van der Waals surface area contributed by atoms with Crippen LogP contribution in [0.5, 0.6) is 0 Å². The van der Waals surface area contributed by atoms with Crippen molar-refractivity contribution in [1.82, 2.24) is 20.1 Å². The van der Waals surface area contributed by atoms with Crippen LogP contribution in [0.3, 0.4) is 0 Å². The molecule has 5 heteroatoms. The van der Waals surface area contributed by atoms with Gasteiger partial charge in [0.25, 0.3) is 5.91 Å². The Morgan fingerprint density at radius 2 is 1.93 bits per heavy atom. The van der Waals surface area contributed by atoms with Gasteiger partial charge in [-0.15, -0.1) is 0 Å². The van der Waals surface area contributed by atoms with Gasteiger partial charge in [-0.05, 0) is 44.4 Å². The van der Waals surface area contributed by atoms with Crippen molar-refractivity contribution in [2.75, 3.05) is 13.1 Å². The molecule has 0 saturated carbocycles. The molecule has 4 rings (SSSR count). The number of hydrogen-bond acceptors (Lipinski definition) is 3. The molecule has 1 atom stereocenters. The molecule has 1 saturated heterocycles. The minimum absolute atomic E-state index is 0.0589. The molecular formula is C22H24N4O. The molecule has 1 aliphatic rings. The normalized spacial score (nSPS) is 17.1. The lowest BCUT2D eigenvalue weighted by atomic mass is 9.90. The van der Waals surface area contributed by atoms with Crippen molar-refractivity contribution in [3.8, 4) is 11.1 Å². The van der Waals surface area contributed by atoms with E-state index in [0.717, 1.165) is 41.9 Å². The van der Waals surface area contributed by atoms with Crippen molar-refractivity contribution in [2.24, 2.45) is 0 Å². The number of hydrogen-bond donors (Lipinski definition) is 1. The number of nitrogens with zero attached hydrogens (tertiary/aromatic N) is 3. The van der Waals surface area contributed by atoms with Gasteiger partial charge >= 0.3 is 0 Å². The molecule has 0 aliphatic carbocycles. The van der Waals surface area contributed by atoms with Crippen molar-refractivity contribution < 1.29 is 4.79 Å². The van der Waals surface area contributed by atoms with Gasteiger partial charge in [-0.2, -0.15) is 5.10 Å². The van der Waals surface area contributed by atoms with Crippen molar-refractivity contribution in [1.29, 1.82) is 0 Å². The first-order valence-corrected chi connectivity index (χ1v) is 9.44. The number of H-pyrrole nitrogens is 1. The van der Waals surface area contributed by atoms with Gasteiger partial charge in [-0.1, -0.05) is 29.8 Å². The zero-order valence-electron chi connectivity index (χ0n) is 15.8. The Morgan fingerprint density at radius 1 is 1.11 bits per heavy atom. The van der Waals surface area contributed by atoms with E-state index in [4.69, 9.17) is 0 Å². The Kier molecular flexibility index (Phi) is 4.75. The predicted octanol–water partition coefficient (Wildman–Crippen LogP) is 4.11.